The van der Waals surface area contributed by atoms with Gasteiger partial charge in [0.1, 0.15) is 4.88 Å². The third-order valence-corrected chi connectivity index (χ3v) is 5.76. The third kappa shape index (κ3) is 2.52. The van der Waals surface area contributed by atoms with Crippen LogP contribution in [0.2, 0.25) is 0 Å². The second-order valence-electron chi connectivity index (χ2n) is 6.41. The lowest BCUT2D eigenvalue weighted by Gasteiger charge is -2.06. The number of carboxylic acid groups (broad SMARTS) is 1. The van der Waals surface area contributed by atoms with E-state index < -0.39 is 5.97 Å². The summed E-state index contributed by atoms with van der Waals surface area (Å²) in [4.78, 5) is 17.6. The van der Waals surface area contributed by atoms with Crippen molar-refractivity contribution in [3.8, 4) is 22.5 Å². The standard InChI is InChI=1S/C21H18N2O2S/c1-12-9-10-16(11-13(12)2)17-14(3)23-18(15-7-5-4-6-8-15)19(20(24)25)26-21(23)22-17/h4-11H,1-3H3,(H,24,25). The molecule has 2 aromatic carbocycles. The largest absolute Gasteiger partial charge is 0.477 e. The molecule has 0 unspecified atom stereocenters. The van der Waals surface area contributed by atoms with Gasteiger partial charge < -0.3 is 5.11 Å². The molecule has 0 atom stereocenters. The molecule has 0 fully saturated rings. The number of carbonyl (C=O) groups is 1. The van der Waals surface area contributed by atoms with Crippen LogP contribution in [0.15, 0.2) is 48.5 Å². The maximum Gasteiger partial charge on any atom is 0.348 e. The summed E-state index contributed by atoms with van der Waals surface area (Å²) in [5, 5.41) is 9.66. The number of imidazole rings is 1. The van der Waals surface area contributed by atoms with Gasteiger partial charge in [-0.3, -0.25) is 4.40 Å². The number of fused-ring (bicyclic) bond motifs is 1. The molecule has 0 spiro atoms. The molecule has 0 aliphatic carbocycles. The van der Waals surface area contributed by atoms with Gasteiger partial charge in [-0.25, -0.2) is 9.78 Å². The molecule has 2 heterocycles. The molecule has 26 heavy (non-hydrogen) atoms. The molecule has 4 nitrogen and oxygen atoms in total. The van der Waals surface area contributed by atoms with Crippen molar-refractivity contribution < 1.29 is 9.90 Å². The van der Waals surface area contributed by atoms with Gasteiger partial charge in [0.2, 0.25) is 0 Å². The van der Waals surface area contributed by atoms with E-state index in [4.69, 9.17) is 4.98 Å². The summed E-state index contributed by atoms with van der Waals surface area (Å²) in [5.74, 6) is -0.925. The first-order chi connectivity index (χ1) is 12.5. The van der Waals surface area contributed by atoms with Crippen LogP contribution in [0.1, 0.15) is 26.5 Å². The molecule has 0 saturated carbocycles. The zero-order valence-electron chi connectivity index (χ0n) is 14.8. The van der Waals surface area contributed by atoms with Crippen LogP contribution in [-0.4, -0.2) is 20.5 Å². The quantitative estimate of drug-likeness (QED) is 0.534. The summed E-state index contributed by atoms with van der Waals surface area (Å²) in [7, 11) is 0. The molecule has 4 aromatic rings. The zero-order chi connectivity index (χ0) is 18.4. The number of hydrogen-bond donors (Lipinski definition) is 1. The van der Waals surface area contributed by atoms with Crippen molar-refractivity contribution in [3.05, 3.63) is 70.2 Å². The van der Waals surface area contributed by atoms with E-state index in [2.05, 4.69) is 32.0 Å². The van der Waals surface area contributed by atoms with Gasteiger partial charge in [0.25, 0.3) is 0 Å². The van der Waals surface area contributed by atoms with Crippen LogP contribution in [-0.2, 0) is 0 Å². The zero-order valence-corrected chi connectivity index (χ0v) is 15.6. The molecule has 0 aliphatic heterocycles. The monoisotopic (exact) mass is 362 g/mol. The molecular formula is C21H18N2O2S. The summed E-state index contributed by atoms with van der Waals surface area (Å²) >= 11 is 1.22. The maximum absolute atomic E-state index is 11.8. The second kappa shape index (κ2) is 6.11. The highest BCUT2D eigenvalue weighted by Gasteiger charge is 2.24. The summed E-state index contributed by atoms with van der Waals surface area (Å²) in [6, 6.07) is 15.9. The van der Waals surface area contributed by atoms with E-state index in [0.717, 1.165) is 22.5 Å². The highest BCUT2D eigenvalue weighted by atomic mass is 32.1. The Morgan fingerprint density at radius 3 is 2.38 bits per heavy atom. The Morgan fingerprint density at radius 2 is 1.73 bits per heavy atom. The number of aryl methyl sites for hydroxylation is 3. The molecule has 2 aromatic heterocycles. The van der Waals surface area contributed by atoms with E-state index in [0.29, 0.717) is 15.5 Å². The van der Waals surface area contributed by atoms with Crippen molar-refractivity contribution >= 4 is 22.3 Å². The summed E-state index contributed by atoms with van der Waals surface area (Å²) < 4.78 is 1.97. The molecular weight excluding hydrogens is 344 g/mol. The van der Waals surface area contributed by atoms with Crippen LogP contribution in [0.25, 0.3) is 27.5 Å². The number of nitrogens with zero attached hydrogens (tertiary/aromatic N) is 2. The number of carboxylic acids is 1. The van der Waals surface area contributed by atoms with Crippen LogP contribution in [0, 0.1) is 20.8 Å². The first-order valence-corrected chi connectivity index (χ1v) is 9.17. The minimum absolute atomic E-state index is 0.313. The predicted molar refractivity (Wildman–Crippen MR) is 105 cm³/mol. The molecule has 0 saturated heterocycles. The fourth-order valence-corrected chi connectivity index (χ4v) is 4.24. The molecule has 0 amide bonds. The van der Waals surface area contributed by atoms with Crippen molar-refractivity contribution in [1.82, 2.24) is 9.38 Å². The number of hydrogen-bond acceptors (Lipinski definition) is 3. The van der Waals surface area contributed by atoms with Crippen LogP contribution < -0.4 is 0 Å². The van der Waals surface area contributed by atoms with E-state index in [-0.39, 0.29) is 0 Å². The first kappa shape index (κ1) is 16.5. The average molecular weight is 362 g/mol. The molecule has 0 bridgehead atoms. The Kier molecular flexibility index (Phi) is 3.89. The van der Waals surface area contributed by atoms with Crippen molar-refractivity contribution in [2.45, 2.75) is 20.8 Å². The number of aromatic carboxylic acids is 1. The number of benzene rings is 2. The van der Waals surface area contributed by atoms with Gasteiger partial charge in [-0.1, -0.05) is 53.8 Å². The van der Waals surface area contributed by atoms with Crippen molar-refractivity contribution in [2.75, 3.05) is 0 Å². The SMILES string of the molecule is Cc1ccc(-c2nc3sc(C(=O)O)c(-c4ccccc4)n3c2C)cc1C. The van der Waals surface area contributed by atoms with Crippen molar-refractivity contribution in [3.63, 3.8) is 0 Å². The smallest absolute Gasteiger partial charge is 0.348 e. The minimum Gasteiger partial charge on any atom is -0.477 e. The number of thiazole rings is 1. The highest BCUT2D eigenvalue weighted by molar-refractivity contribution is 7.19. The van der Waals surface area contributed by atoms with Gasteiger partial charge in [0.05, 0.1) is 11.4 Å². The van der Waals surface area contributed by atoms with Crippen LogP contribution in [0.3, 0.4) is 0 Å². The third-order valence-electron chi connectivity index (χ3n) is 4.73. The van der Waals surface area contributed by atoms with E-state index >= 15 is 0 Å². The Morgan fingerprint density at radius 1 is 1.00 bits per heavy atom. The van der Waals surface area contributed by atoms with E-state index in [1.165, 1.54) is 22.5 Å². The van der Waals surface area contributed by atoms with E-state index in [1.54, 1.807) is 0 Å². The Bertz CT molecular complexity index is 1140. The number of aromatic nitrogens is 2. The molecule has 0 aliphatic rings. The Balaban J connectivity index is 2.01. The second-order valence-corrected chi connectivity index (χ2v) is 7.39. The van der Waals surface area contributed by atoms with Gasteiger partial charge >= 0.3 is 5.97 Å². The van der Waals surface area contributed by atoms with Crippen molar-refractivity contribution in [1.29, 1.82) is 0 Å². The molecule has 1 N–H and O–H groups in total. The lowest BCUT2D eigenvalue weighted by molar-refractivity contribution is 0.0702. The molecule has 5 heteroatoms. The van der Waals surface area contributed by atoms with Crippen LogP contribution >= 0.6 is 11.3 Å². The summed E-state index contributed by atoms with van der Waals surface area (Å²) in [5.41, 5.74) is 6.93. The fraction of sp³-hybridized carbons (Fsp3) is 0.143. The van der Waals surface area contributed by atoms with Crippen molar-refractivity contribution in [2.24, 2.45) is 0 Å². The van der Waals surface area contributed by atoms with Crippen LogP contribution in [0.4, 0.5) is 0 Å². The first-order valence-electron chi connectivity index (χ1n) is 8.35. The Hall–Kier alpha value is -2.92. The van der Waals surface area contributed by atoms with E-state index in [1.807, 2.05) is 41.7 Å². The summed E-state index contributed by atoms with van der Waals surface area (Å²) in [6.07, 6.45) is 0. The average Bonchev–Trinajstić information content (AvgIpc) is 3.15. The lowest BCUT2D eigenvalue weighted by Crippen LogP contribution is -1.99. The van der Waals surface area contributed by atoms with Gasteiger partial charge in [-0.15, -0.1) is 0 Å². The lowest BCUT2D eigenvalue weighted by atomic mass is 10.0. The van der Waals surface area contributed by atoms with Gasteiger partial charge in [0.15, 0.2) is 4.96 Å². The van der Waals surface area contributed by atoms with E-state index in [9.17, 15) is 9.90 Å². The number of rotatable bonds is 3. The molecule has 4 rings (SSSR count). The maximum atomic E-state index is 11.8. The topological polar surface area (TPSA) is 54.6 Å². The predicted octanol–water partition coefficient (Wildman–Crippen LogP) is 5.35. The molecule has 130 valence electrons. The minimum atomic E-state index is -0.925. The summed E-state index contributed by atoms with van der Waals surface area (Å²) in [6.45, 7) is 6.17. The van der Waals surface area contributed by atoms with Gasteiger partial charge in [0, 0.05) is 16.8 Å². The normalized spacial score (nSPS) is 11.2. The van der Waals surface area contributed by atoms with Gasteiger partial charge in [-0.05, 0) is 38.0 Å². The highest BCUT2D eigenvalue weighted by Crippen LogP contribution is 2.36. The fourth-order valence-electron chi connectivity index (χ4n) is 3.21. The van der Waals surface area contributed by atoms with Gasteiger partial charge in [-0.2, -0.15) is 0 Å². The molecule has 0 radical (unpaired) electrons. The Labute approximate surface area is 155 Å². The van der Waals surface area contributed by atoms with Crippen LogP contribution in [0.5, 0.6) is 0 Å².